The van der Waals surface area contributed by atoms with Crippen LogP contribution in [0.15, 0.2) is 36.4 Å². The molecule has 0 bridgehead atoms. The number of hydrogen-bond donors (Lipinski definition) is 1. The molecule has 1 N–H and O–H groups in total. The predicted octanol–water partition coefficient (Wildman–Crippen LogP) is 3.60. The molecule has 90 valence electrons. The van der Waals surface area contributed by atoms with Gasteiger partial charge in [0.1, 0.15) is 5.75 Å². The highest BCUT2D eigenvalue weighted by Crippen LogP contribution is 2.43. The largest absolute Gasteiger partial charge is 0.424 e. The van der Waals surface area contributed by atoms with Crippen LogP contribution in [0.2, 0.25) is 0 Å². The Morgan fingerprint density at radius 2 is 1.94 bits per heavy atom. The molecule has 4 heteroatoms. The van der Waals surface area contributed by atoms with Crippen molar-refractivity contribution >= 4 is 18.4 Å². The minimum atomic E-state index is -3.53. The molecule has 2 aromatic carbocycles. The molecule has 2 rings (SSSR count). The maximum absolute atomic E-state index is 11.4. The zero-order valence-corrected chi connectivity index (χ0v) is 10.8. The maximum atomic E-state index is 11.4. The lowest BCUT2D eigenvalue weighted by atomic mass is 10.0. The molecule has 0 saturated carbocycles. The van der Waals surface area contributed by atoms with Crippen LogP contribution in [-0.2, 0) is 11.0 Å². The third-order valence-electron chi connectivity index (χ3n) is 2.60. The van der Waals surface area contributed by atoms with Gasteiger partial charge in [-0.2, -0.15) is 0 Å². The van der Waals surface area contributed by atoms with Crippen molar-refractivity contribution in [2.24, 2.45) is 0 Å². The lowest BCUT2D eigenvalue weighted by Gasteiger charge is -2.15. The number of aryl methyl sites for hydroxylation is 1. The molecule has 0 aliphatic carbocycles. The summed E-state index contributed by atoms with van der Waals surface area (Å²) in [6.07, 6.45) is 0.764. The molecule has 0 aromatic heterocycles. The highest BCUT2D eigenvalue weighted by molar-refractivity contribution is 7.52. The van der Waals surface area contributed by atoms with Crippen LogP contribution in [0, 0.1) is 0 Å². The summed E-state index contributed by atoms with van der Waals surface area (Å²) in [7, 11) is -3.53. The van der Waals surface area contributed by atoms with Crippen LogP contribution in [0.25, 0.3) is 10.8 Å². The average molecular weight is 250 g/mol. The fraction of sp³-hybridized carbons (Fsp3) is 0.231. The summed E-state index contributed by atoms with van der Waals surface area (Å²) in [4.78, 5) is 9.38. The molecule has 0 heterocycles. The van der Waals surface area contributed by atoms with Crippen molar-refractivity contribution in [3.63, 3.8) is 0 Å². The molecule has 0 saturated heterocycles. The first-order chi connectivity index (χ1) is 8.01. The molecule has 17 heavy (non-hydrogen) atoms. The van der Waals surface area contributed by atoms with Crippen molar-refractivity contribution in [2.45, 2.75) is 13.3 Å². The van der Waals surface area contributed by atoms with E-state index in [4.69, 9.17) is 4.52 Å². The lowest BCUT2D eigenvalue weighted by Crippen LogP contribution is -1.95. The molecule has 0 fully saturated rings. The van der Waals surface area contributed by atoms with E-state index >= 15 is 0 Å². The van der Waals surface area contributed by atoms with Crippen molar-refractivity contribution in [1.29, 1.82) is 0 Å². The molecular weight excluding hydrogens is 235 g/mol. The second kappa shape index (κ2) is 4.52. The highest BCUT2D eigenvalue weighted by atomic mass is 31.2. The van der Waals surface area contributed by atoms with Crippen molar-refractivity contribution in [2.75, 3.05) is 6.66 Å². The zero-order valence-electron chi connectivity index (χ0n) is 9.88. The summed E-state index contributed by atoms with van der Waals surface area (Å²) in [6.45, 7) is 3.20. The number of fused-ring (bicyclic) bond motifs is 1. The second-order valence-corrected chi connectivity index (χ2v) is 5.81. The van der Waals surface area contributed by atoms with Crippen LogP contribution < -0.4 is 4.52 Å². The van der Waals surface area contributed by atoms with Gasteiger partial charge < -0.3 is 9.42 Å². The quantitative estimate of drug-likeness (QED) is 0.846. The molecule has 0 radical (unpaired) electrons. The van der Waals surface area contributed by atoms with Gasteiger partial charge >= 0.3 is 7.60 Å². The smallest absolute Gasteiger partial charge is 0.373 e. The minimum Gasteiger partial charge on any atom is -0.424 e. The summed E-state index contributed by atoms with van der Waals surface area (Å²) in [5.74, 6) is 0.527. The third kappa shape index (κ3) is 2.68. The fourth-order valence-corrected chi connectivity index (χ4v) is 2.40. The first kappa shape index (κ1) is 12.2. The summed E-state index contributed by atoms with van der Waals surface area (Å²) in [6, 6.07) is 11.6. The van der Waals surface area contributed by atoms with Gasteiger partial charge in [-0.15, -0.1) is 0 Å². The summed E-state index contributed by atoms with van der Waals surface area (Å²) in [5.41, 5.74) is 0.944. The van der Waals surface area contributed by atoms with Gasteiger partial charge in [-0.25, -0.2) is 4.57 Å². The fourth-order valence-electron chi connectivity index (χ4n) is 1.84. The van der Waals surface area contributed by atoms with Crippen LogP contribution in [0.3, 0.4) is 0 Å². The molecule has 3 nitrogen and oxygen atoms in total. The lowest BCUT2D eigenvalue weighted by molar-refractivity contribution is 0.387. The number of rotatable bonds is 3. The summed E-state index contributed by atoms with van der Waals surface area (Å²) in [5, 5.41) is 1.89. The van der Waals surface area contributed by atoms with Crippen LogP contribution in [0.4, 0.5) is 0 Å². The van der Waals surface area contributed by atoms with Crippen LogP contribution in [-0.4, -0.2) is 11.6 Å². The molecule has 1 atom stereocenters. The van der Waals surface area contributed by atoms with E-state index in [1.165, 1.54) is 6.66 Å². The van der Waals surface area contributed by atoms with Crippen molar-refractivity contribution in [1.82, 2.24) is 0 Å². The van der Waals surface area contributed by atoms with E-state index in [0.29, 0.717) is 5.75 Å². The topological polar surface area (TPSA) is 46.5 Å². The normalized spacial score (nSPS) is 14.5. The van der Waals surface area contributed by atoms with E-state index in [2.05, 4.69) is 0 Å². The molecule has 0 spiro atoms. The maximum Gasteiger partial charge on any atom is 0.373 e. The van der Waals surface area contributed by atoms with Gasteiger partial charge in [0.2, 0.25) is 0 Å². The Morgan fingerprint density at radius 1 is 1.24 bits per heavy atom. The SMILES string of the molecule is CCc1ccc2ccccc2c1OP(C)(=O)O. The van der Waals surface area contributed by atoms with Gasteiger partial charge in [-0.3, -0.25) is 0 Å². The van der Waals surface area contributed by atoms with E-state index < -0.39 is 7.60 Å². The van der Waals surface area contributed by atoms with E-state index in [-0.39, 0.29) is 0 Å². The molecular formula is C13H15O3P. The zero-order chi connectivity index (χ0) is 12.5. The summed E-state index contributed by atoms with van der Waals surface area (Å²) < 4.78 is 16.7. The molecule has 2 aromatic rings. The molecule has 0 aliphatic heterocycles. The Balaban J connectivity index is 2.67. The van der Waals surface area contributed by atoms with Gasteiger partial charge in [-0.1, -0.05) is 43.3 Å². The van der Waals surface area contributed by atoms with Gasteiger partial charge in [0.05, 0.1) is 0 Å². The Labute approximate surface area is 101 Å². The van der Waals surface area contributed by atoms with E-state index in [1.54, 1.807) is 0 Å². The standard InChI is InChI=1S/C13H15O3P/c1-3-10-8-9-11-6-4-5-7-12(11)13(10)16-17(2,14)15/h4-9H,3H2,1-2H3,(H,14,15). The predicted molar refractivity (Wildman–Crippen MR) is 69.7 cm³/mol. The summed E-state index contributed by atoms with van der Waals surface area (Å²) >= 11 is 0. The van der Waals surface area contributed by atoms with E-state index in [1.807, 2.05) is 43.3 Å². The van der Waals surface area contributed by atoms with Gasteiger partial charge in [0, 0.05) is 12.1 Å². The Hall–Kier alpha value is -1.31. The highest BCUT2D eigenvalue weighted by Gasteiger charge is 2.16. The van der Waals surface area contributed by atoms with E-state index in [9.17, 15) is 9.46 Å². The van der Waals surface area contributed by atoms with Crippen molar-refractivity contribution < 1.29 is 14.0 Å². The van der Waals surface area contributed by atoms with E-state index in [0.717, 1.165) is 22.8 Å². The minimum absolute atomic E-state index is 0.527. The van der Waals surface area contributed by atoms with Crippen molar-refractivity contribution in [3.05, 3.63) is 42.0 Å². The Morgan fingerprint density at radius 3 is 2.59 bits per heavy atom. The molecule has 1 unspecified atom stereocenters. The monoisotopic (exact) mass is 250 g/mol. The van der Waals surface area contributed by atoms with Gasteiger partial charge in [0.25, 0.3) is 0 Å². The van der Waals surface area contributed by atoms with Crippen LogP contribution in [0.1, 0.15) is 12.5 Å². The molecule has 0 aliphatic rings. The number of hydrogen-bond acceptors (Lipinski definition) is 2. The van der Waals surface area contributed by atoms with Gasteiger partial charge in [0.15, 0.2) is 0 Å². The Kier molecular flexibility index (Phi) is 3.23. The molecule has 0 amide bonds. The average Bonchev–Trinajstić information content (AvgIpc) is 2.28. The van der Waals surface area contributed by atoms with Crippen LogP contribution in [0.5, 0.6) is 5.75 Å². The Bertz CT molecular complexity index is 586. The van der Waals surface area contributed by atoms with Crippen molar-refractivity contribution in [3.8, 4) is 5.75 Å². The first-order valence-corrected chi connectivity index (χ1v) is 7.54. The first-order valence-electron chi connectivity index (χ1n) is 5.52. The third-order valence-corrected chi connectivity index (χ3v) is 3.12. The van der Waals surface area contributed by atoms with Gasteiger partial charge in [-0.05, 0) is 17.4 Å². The number of benzene rings is 2. The second-order valence-electron chi connectivity index (χ2n) is 4.02. The van der Waals surface area contributed by atoms with Crippen LogP contribution >= 0.6 is 7.60 Å².